The van der Waals surface area contributed by atoms with Crippen LogP contribution in [0.4, 0.5) is 5.69 Å². The van der Waals surface area contributed by atoms with Crippen molar-refractivity contribution in [3.8, 4) is 0 Å². The van der Waals surface area contributed by atoms with E-state index < -0.39 is 15.9 Å². The van der Waals surface area contributed by atoms with Crippen molar-refractivity contribution in [3.63, 3.8) is 0 Å². The van der Waals surface area contributed by atoms with Crippen LogP contribution in [0.25, 0.3) is 0 Å². The van der Waals surface area contributed by atoms with E-state index in [1.165, 1.54) is 45.5 Å². The zero-order chi connectivity index (χ0) is 25.0. The fourth-order valence-corrected chi connectivity index (χ4v) is 5.13. The molecule has 0 unspecified atom stereocenters. The molecule has 3 aromatic rings. The number of furan rings is 1. The topological polar surface area (TPSA) is 88.4 Å². The van der Waals surface area contributed by atoms with Gasteiger partial charge in [-0.15, -0.1) is 0 Å². The van der Waals surface area contributed by atoms with Gasteiger partial charge in [-0.1, -0.05) is 19.4 Å². The van der Waals surface area contributed by atoms with Crippen molar-refractivity contribution < 1.29 is 17.6 Å². The summed E-state index contributed by atoms with van der Waals surface area (Å²) in [6.07, 6.45) is 2.26. The Morgan fingerprint density at radius 1 is 0.912 bits per heavy atom. The predicted octanol–water partition coefficient (Wildman–Crippen LogP) is 5.74. The number of unbranched alkanes of at least 4 members (excludes halogenated alkanes) is 1. The fraction of sp³-hybridized carbons (Fsp3) is 0.370. The summed E-state index contributed by atoms with van der Waals surface area (Å²) >= 11 is 0. The van der Waals surface area contributed by atoms with Crippen LogP contribution in [-0.2, 0) is 16.4 Å². The Labute approximate surface area is 202 Å². The first-order valence-corrected chi connectivity index (χ1v) is 13.1. The van der Waals surface area contributed by atoms with Gasteiger partial charge in [0.1, 0.15) is 5.76 Å². The fourth-order valence-electron chi connectivity index (χ4n) is 4.01. The molecule has 0 aliphatic rings. The number of carbonyl (C=O) groups is 1. The van der Waals surface area contributed by atoms with Crippen LogP contribution in [0.1, 0.15) is 69.5 Å². The number of hydrogen-bond donors (Lipinski definition) is 2. The van der Waals surface area contributed by atoms with Gasteiger partial charge >= 0.3 is 0 Å². The Morgan fingerprint density at radius 3 is 2.21 bits per heavy atom. The van der Waals surface area contributed by atoms with E-state index in [1.807, 2.05) is 13.0 Å². The molecule has 0 saturated carbocycles. The number of carbonyl (C=O) groups excluding carboxylic acids is 1. The second-order valence-corrected chi connectivity index (χ2v) is 10.5. The third kappa shape index (κ3) is 5.59. The van der Waals surface area contributed by atoms with Gasteiger partial charge in [0.25, 0.3) is 5.91 Å². The van der Waals surface area contributed by atoms with E-state index >= 15 is 0 Å². The lowest BCUT2D eigenvalue weighted by atomic mass is 9.88. The summed E-state index contributed by atoms with van der Waals surface area (Å²) in [5.74, 6) is 0.458. The number of hydrogen-bond acceptors (Lipinski definition) is 4. The van der Waals surface area contributed by atoms with Crippen molar-refractivity contribution in [1.29, 1.82) is 0 Å². The molecular formula is C27H34N2O4S. The molecule has 2 N–H and O–H groups in total. The Morgan fingerprint density at radius 2 is 1.56 bits per heavy atom. The maximum Gasteiger partial charge on any atom is 0.291 e. The maximum absolute atomic E-state index is 12.8. The lowest BCUT2D eigenvalue weighted by Gasteiger charge is -2.18. The molecule has 0 atom stereocenters. The normalized spacial score (nSPS) is 11.6. The average Bonchev–Trinajstić information content (AvgIpc) is 3.28. The lowest BCUT2D eigenvalue weighted by Crippen LogP contribution is -2.24. The summed E-state index contributed by atoms with van der Waals surface area (Å²) in [5.41, 5.74) is 7.96. The molecule has 182 valence electrons. The lowest BCUT2D eigenvalue weighted by molar-refractivity contribution is 0.0995. The minimum Gasteiger partial charge on any atom is -0.456 e. The molecule has 0 bridgehead atoms. The second-order valence-electron chi connectivity index (χ2n) is 8.78. The SMILES string of the molecule is CCCCNS(=O)(=O)c1cccc(NC(=O)c2ccc(Cc3c(C)c(C)c(C)c(C)c3C)o2)c1. The Hall–Kier alpha value is -2.90. The van der Waals surface area contributed by atoms with Crippen LogP contribution in [0.2, 0.25) is 0 Å². The second kappa shape index (κ2) is 10.6. The molecule has 34 heavy (non-hydrogen) atoms. The van der Waals surface area contributed by atoms with Crippen LogP contribution in [0.15, 0.2) is 45.7 Å². The van der Waals surface area contributed by atoms with Crippen molar-refractivity contribution in [2.75, 3.05) is 11.9 Å². The molecule has 1 aromatic heterocycles. The van der Waals surface area contributed by atoms with E-state index in [1.54, 1.807) is 18.2 Å². The van der Waals surface area contributed by atoms with Crippen molar-refractivity contribution in [2.45, 2.75) is 65.7 Å². The monoisotopic (exact) mass is 482 g/mol. The summed E-state index contributed by atoms with van der Waals surface area (Å²) in [6, 6.07) is 9.67. The first-order chi connectivity index (χ1) is 16.0. The molecule has 1 amide bonds. The van der Waals surface area contributed by atoms with Crippen LogP contribution in [0, 0.1) is 34.6 Å². The summed E-state index contributed by atoms with van der Waals surface area (Å²) < 4.78 is 33.4. The Bertz CT molecular complexity index is 1280. The number of nitrogens with one attached hydrogen (secondary N) is 2. The Kier molecular flexibility index (Phi) is 8.00. The van der Waals surface area contributed by atoms with Crippen LogP contribution in [-0.4, -0.2) is 20.9 Å². The maximum atomic E-state index is 12.8. The van der Waals surface area contributed by atoms with Crippen LogP contribution >= 0.6 is 0 Å². The smallest absolute Gasteiger partial charge is 0.291 e. The molecule has 0 saturated heterocycles. The third-order valence-electron chi connectivity index (χ3n) is 6.62. The van der Waals surface area contributed by atoms with Crippen molar-refractivity contribution >= 4 is 21.6 Å². The summed E-state index contributed by atoms with van der Waals surface area (Å²) in [6.45, 7) is 13.0. The summed E-state index contributed by atoms with van der Waals surface area (Å²) in [4.78, 5) is 12.9. The molecule has 0 fully saturated rings. The molecule has 0 spiro atoms. The van der Waals surface area contributed by atoms with E-state index in [9.17, 15) is 13.2 Å². The van der Waals surface area contributed by atoms with E-state index in [0.29, 0.717) is 24.4 Å². The van der Waals surface area contributed by atoms with E-state index in [-0.39, 0.29) is 10.7 Å². The molecule has 3 rings (SSSR count). The molecule has 7 heteroatoms. The van der Waals surface area contributed by atoms with Crippen molar-refractivity contribution in [2.24, 2.45) is 0 Å². The summed E-state index contributed by atoms with van der Waals surface area (Å²) in [7, 11) is -3.63. The van der Waals surface area contributed by atoms with Crippen LogP contribution in [0.3, 0.4) is 0 Å². The minimum absolute atomic E-state index is 0.109. The van der Waals surface area contributed by atoms with E-state index in [0.717, 1.165) is 12.8 Å². The van der Waals surface area contributed by atoms with Crippen molar-refractivity contribution in [1.82, 2.24) is 4.72 Å². The zero-order valence-corrected chi connectivity index (χ0v) is 21.7. The van der Waals surface area contributed by atoms with Crippen molar-refractivity contribution in [3.05, 3.63) is 81.3 Å². The first kappa shape index (κ1) is 25.7. The van der Waals surface area contributed by atoms with Gasteiger partial charge in [-0.05, 0) is 105 Å². The summed E-state index contributed by atoms with van der Waals surface area (Å²) in [5, 5.41) is 2.74. The molecule has 2 aromatic carbocycles. The standard InChI is InChI=1S/C27H34N2O4S/c1-7-8-14-28-34(31,32)24-11-9-10-22(15-24)29-27(30)26-13-12-23(33-26)16-25-20(5)18(3)17(2)19(4)21(25)6/h9-13,15,28H,7-8,14,16H2,1-6H3,(H,29,30). The first-order valence-electron chi connectivity index (χ1n) is 11.6. The number of anilines is 1. The minimum atomic E-state index is -3.63. The quantitative estimate of drug-likeness (QED) is 0.381. The van der Waals surface area contributed by atoms with Gasteiger partial charge in [0, 0.05) is 18.7 Å². The Balaban J connectivity index is 1.75. The molecule has 0 aliphatic heterocycles. The molecule has 1 heterocycles. The highest BCUT2D eigenvalue weighted by Crippen LogP contribution is 2.28. The van der Waals surface area contributed by atoms with Gasteiger partial charge in [0.2, 0.25) is 10.0 Å². The molecule has 0 aliphatic carbocycles. The van der Waals surface area contributed by atoms with Crippen LogP contribution in [0.5, 0.6) is 0 Å². The van der Waals surface area contributed by atoms with Gasteiger partial charge in [-0.2, -0.15) is 0 Å². The molecular weight excluding hydrogens is 448 g/mol. The van der Waals surface area contributed by atoms with Gasteiger partial charge in [0.05, 0.1) is 4.90 Å². The average molecular weight is 483 g/mol. The van der Waals surface area contributed by atoms with Gasteiger partial charge in [-0.3, -0.25) is 4.79 Å². The number of rotatable bonds is 9. The number of sulfonamides is 1. The largest absolute Gasteiger partial charge is 0.456 e. The van der Waals surface area contributed by atoms with Crippen LogP contribution < -0.4 is 10.0 Å². The zero-order valence-electron chi connectivity index (χ0n) is 20.8. The van der Waals surface area contributed by atoms with Gasteiger partial charge in [0.15, 0.2) is 5.76 Å². The number of benzene rings is 2. The number of amides is 1. The highest BCUT2D eigenvalue weighted by Gasteiger charge is 2.18. The highest BCUT2D eigenvalue weighted by atomic mass is 32.2. The van der Waals surface area contributed by atoms with E-state index in [4.69, 9.17) is 4.42 Å². The highest BCUT2D eigenvalue weighted by molar-refractivity contribution is 7.89. The molecule has 0 radical (unpaired) electrons. The van der Waals surface area contributed by atoms with E-state index in [2.05, 4.69) is 44.7 Å². The molecule has 6 nitrogen and oxygen atoms in total. The predicted molar refractivity (Wildman–Crippen MR) is 136 cm³/mol. The van der Waals surface area contributed by atoms with Gasteiger partial charge < -0.3 is 9.73 Å². The third-order valence-corrected chi connectivity index (χ3v) is 8.08. The van der Waals surface area contributed by atoms with Gasteiger partial charge in [-0.25, -0.2) is 13.1 Å².